The van der Waals surface area contributed by atoms with Crippen molar-refractivity contribution in [1.29, 1.82) is 0 Å². The van der Waals surface area contributed by atoms with Crippen molar-refractivity contribution in [1.82, 2.24) is 0 Å². The summed E-state index contributed by atoms with van der Waals surface area (Å²) in [6.45, 7) is 5.95. The molecule has 0 spiro atoms. The SMILES string of the molecule is CCCCCCCCCCC[C@@]1(C=O)CO[C@@](C)(OC)[C@](C)(OC)O1. The summed E-state index contributed by atoms with van der Waals surface area (Å²) >= 11 is 0. The lowest BCUT2D eigenvalue weighted by atomic mass is 9.94. The lowest BCUT2D eigenvalue weighted by molar-refractivity contribution is -0.443. The van der Waals surface area contributed by atoms with Crippen LogP contribution in [-0.2, 0) is 23.7 Å². The molecule has 0 radical (unpaired) electrons. The molecule has 1 aliphatic heterocycles. The molecule has 0 aromatic carbocycles. The van der Waals surface area contributed by atoms with E-state index in [0.717, 1.165) is 19.1 Å². The fourth-order valence-electron chi connectivity index (χ4n) is 3.35. The topological polar surface area (TPSA) is 54.0 Å². The van der Waals surface area contributed by atoms with E-state index >= 15 is 0 Å². The summed E-state index contributed by atoms with van der Waals surface area (Å²) in [5, 5.41) is 0. The Bertz CT molecular complexity index is 388. The molecule has 1 fully saturated rings. The summed E-state index contributed by atoms with van der Waals surface area (Å²) in [6, 6.07) is 0. The number of rotatable bonds is 13. The molecule has 0 aromatic rings. The van der Waals surface area contributed by atoms with Crippen molar-refractivity contribution in [2.45, 2.75) is 102 Å². The third kappa shape index (κ3) is 6.02. The molecular formula is C20H38O5. The van der Waals surface area contributed by atoms with Gasteiger partial charge in [0.1, 0.15) is 0 Å². The van der Waals surface area contributed by atoms with Crippen LogP contribution in [0.1, 0.15) is 85.0 Å². The second-order valence-corrected chi connectivity index (χ2v) is 7.45. The molecule has 1 aliphatic rings. The van der Waals surface area contributed by atoms with E-state index in [2.05, 4.69) is 6.92 Å². The fraction of sp³-hybridized carbons (Fsp3) is 0.950. The normalized spacial score (nSPS) is 32.7. The van der Waals surface area contributed by atoms with E-state index in [4.69, 9.17) is 18.9 Å². The molecule has 5 nitrogen and oxygen atoms in total. The molecule has 1 saturated heterocycles. The van der Waals surface area contributed by atoms with Crippen molar-refractivity contribution in [3.63, 3.8) is 0 Å². The molecule has 0 N–H and O–H groups in total. The third-order valence-corrected chi connectivity index (χ3v) is 5.51. The molecular weight excluding hydrogens is 320 g/mol. The largest absolute Gasteiger partial charge is 0.349 e. The predicted molar refractivity (Wildman–Crippen MR) is 98.5 cm³/mol. The van der Waals surface area contributed by atoms with Crippen molar-refractivity contribution in [2.24, 2.45) is 0 Å². The Balaban J connectivity index is 2.39. The average molecular weight is 359 g/mol. The van der Waals surface area contributed by atoms with E-state index in [-0.39, 0.29) is 6.61 Å². The highest BCUT2D eigenvalue weighted by molar-refractivity contribution is 5.63. The van der Waals surface area contributed by atoms with E-state index in [1.165, 1.54) is 44.9 Å². The highest BCUT2D eigenvalue weighted by Crippen LogP contribution is 2.41. The number of carbonyl (C=O) groups excluding carboxylic acids is 1. The molecule has 0 unspecified atom stereocenters. The van der Waals surface area contributed by atoms with Gasteiger partial charge in [0.25, 0.3) is 0 Å². The molecule has 1 heterocycles. The number of carbonyl (C=O) groups is 1. The van der Waals surface area contributed by atoms with Crippen molar-refractivity contribution >= 4 is 6.29 Å². The molecule has 25 heavy (non-hydrogen) atoms. The first kappa shape index (κ1) is 22.6. The number of hydrogen-bond donors (Lipinski definition) is 0. The number of unbranched alkanes of at least 4 members (excludes halogenated alkanes) is 8. The predicted octanol–water partition coefficient (Wildman–Crippen LogP) is 4.62. The zero-order valence-electron chi connectivity index (χ0n) is 16.9. The van der Waals surface area contributed by atoms with Gasteiger partial charge in [-0.2, -0.15) is 0 Å². The summed E-state index contributed by atoms with van der Waals surface area (Å²) in [7, 11) is 3.09. The quantitative estimate of drug-likeness (QED) is 0.355. The van der Waals surface area contributed by atoms with Gasteiger partial charge >= 0.3 is 0 Å². The van der Waals surface area contributed by atoms with Crippen LogP contribution >= 0.6 is 0 Å². The number of methoxy groups -OCH3 is 2. The maximum Gasteiger partial charge on any atom is 0.221 e. The van der Waals surface area contributed by atoms with Gasteiger partial charge in [-0.15, -0.1) is 0 Å². The Morgan fingerprint density at radius 3 is 1.88 bits per heavy atom. The van der Waals surface area contributed by atoms with Crippen molar-refractivity contribution in [3.05, 3.63) is 0 Å². The van der Waals surface area contributed by atoms with Gasteiger partial charge in [0.2, 0.25) is 11.6 Å². The molecule has 1 rings (SSSR count). The summed E-state index contributed by atoms with van der Waals surface area (Å²) in [4.78, 5) is 11.8. The van der Waals surface area contributed by atoms with Crippen LogP contribution in [0.2, 0.25) is 0 Å². The summed E-state index contributed by atoms with van der Waals surface area (Å²) in [5.41, 5.74) is -0.954. The standard InChI is InChI=1S/C20H38O5/c1-6-7-8-9-10-11-12-13-14-15-20(16-21)17-24-18(2,22-4)19(3,23-5)25-20/h16H,6-15,17H2,1-5H3/t18-,19-,20-/m1/s1. The van der Waals surface area contributed by atoms with Crippen LogP contribution < -0.4 is 0 Å². The average Bonchev–Trinajstić information content (AvgIpc) is 2.63. The van der Waals surface area contributed by atoms with Crippen molar-refractivity contribution in [2.75, 3.05) is 20.8 Å². The van der Waals surface area contributed by atoms with Gasteiger partial charge < -0.3 is 23.7 Å². The van der Waals surface area contributed by atoms with Crippen LogP contribution in [0.4, 0.5) is 0 Å². The van der Waals surface area contributed by atoms with Gasteiger partial charge in [0.05, 0.1) is 6.61 Å². The van der Waals surface area contributed by atoms with Crippen LogP contribution in [-0.4, -0.2) is 44.3 Å². The fourth-order valence-corrected chi connectivity index (χ4v) is 3.35. The molecule has 0 saturated carbocycles. The molecule has 0 aromatic heterocycles. The monoisotopic (exact) mass is 358 g/mol. The number of ether oxygens (including phenoxy) is 4. The maximum atomic E-state index is 11.8. The Labute approximate surface area is 153 Å². The van der Waals surface area contributed by atoms with E-state index < -0.39 is 17.2 Å². The van der Waals surface area contributed by atoms with Crippen molar-refractivity contribution < 1.29 is 23.7 Å². The van der Waals surface area contributed by atoms with Crippen molar-refractivity contribution in [3.8, 4) is 0 Å². The number of hydrogen-bond acceptors (Lipinski definition) is 5. The molecule has 148 valence electrons. The van der Waals surface area contributed by atoms with Crippen LogP contribution in [0.15, 0.2) is 0 Å². The molecule has 0 aliphatic carbocycles. The Kier molecular flexibility index (Phi) is 9.57. The highest BCUT2D eigenvalue weighted by Gasteiger charge is 2.58. The van der Waals surface area contributed by atoms with E-state index in [1.807, 2.05) is 0 Å². The minimum absolute atomic E-state index is 0.191. The third-order valence-electron chi connectivity index (χ3n) is 5.51. The first-order valence-electron chi connectivity index (χ1n) is 9.81. The lowest BCUT2D eigenvalue weighted by Gasteiger charge is -2.52. The first-order valence-corrected chi connectivity index (χ1v) is 9.81. The smallest absolute Gasteiger partial charge is 0.221 e. The minimum Gasteiger partial charge on any atom is -0.349 e. The molecule has 0 bridgehead atoms. The summed E-state index contributed by atoms with van der Waals surface area (Å²) in [5.74, 6) is -2.16. The molecule has 3 atom stereocenters. The first-order chi connectivity index (χ1) is 11.9. The zero-order valence-corrected chi connectivity index (χ0v) is 16.9. The van der Waals surface area contributed by atoms with Crippen LogP contribution in [0, 0.1) is 0 Å². The number of aldehydes is 1. The van der Waals surface area contributed by atoms with Crippen LogP contribution in [0.3, 0.4) is 0 Å². The van der Waals surface area contributed by atoms with E-state index in [1.54, 1.807) is 28.1 Å². The van der Waals surface area contributed by atoms with Gasteiger partial charge in [-0.1, -0.05) is 64.7 Å². The molecule has 0 amide bonds. The Morgan fingerprint density at radius 1 is 0.880 bits per heavy atom. The lowest BCUT2D eigenvalue weighted by Crippen LogP contribution is -2.66. The van der Waals surface area contributed by atoms with E-state index in [0.29, 0.717) is 6.42 Å². The molecule has 5 heteroatoms. The van der Waals surface area contributed by atoms with Gasteiger partial charge in [0.15, 0.2) is 11.9 Å². The Morgan fingerprint density at radius 2 is 1.40 bits per heavy atom. The second-order valence-electron chi connectivity index (χ2n) is 7.45. The minimum atomic E-state index is -1.12. The summed E-state index contributed by atoms with van der Waals surface area (Å²) < 4.78 is 22.9. The summed E-state index contributed by atoms with van der Waals surface area (Å²) in [6.07, 6.45) is 12.7. The van der Waals surface area contributed by atoms with Crippen LogP contribution in [0.5, 0.6) is 0 Å². The Hall–Kier alpha value is -0.490. The van der Waals surface area contributed by atoms with Gasteiger partial charge in [-0.3, -0.25) is 0 Å². The highest BCUT2D eigenvalue weighted by atomic mass is 16.8. The van der Waals surface area contributed by atoms with Crippen LogP contribution in [0.25, 0.3) is 0 Å². The van der Waals surface area contributed by atoms with Gasteiger partial charge in [-0.25, -0.2) is 0 Å². The van der Waals surface area contributed by atoms with Gasteiger partial charge in [0, 0.05) is 14.2 Å². The van der Waals surface area contributed by atoms with Gasteiger partial charge in [-0.05, 0) is 20.3 Å². The maximum absolute atomic E-state index is 11.8. The van der Waals surface area contributed by atoms with E-state index in [9.17, 15) is 4.79 Å². The second kappa shape index (κ2) is 10.6. The zero-order chi connectivity index (χ0) is 18.8.